The number of furan rings is 1. The van der Waals surface area contributed by atoms with Crippen LogP contribution in [0.5, 0.6) is 0 Å². The molecule has 0 atom stereocenters. The Morgan fingerprint density at radius 1 is 1.14 bits per heavy atom. The number of aromatic nitrogens is 3. The molecule has 0 saturated carbocycles. The van der Waals surface area contributed by atoms with Crippen molar-refractivity contribution in [3.8, 4) is 11.3 Å². The molecule has 0 spiro atoms. The van der Waals surface area contributed by atoms with E-state index in [9.17, 15) is 9.18 Å². The van der Waals surface area contributed by atoms with Crippen LogP contribution in [0, 0.1) is 19.7 Å². The first-order valence-electron chi connectivity index (χ1n) is 11.7. The van der Waals surface area contributed by atoms with Crippen LogP contribution in [-0.4, -0.2) is 47.0 Å². The van der Waals surface area contributed by atoms with Crippen LogP contribution < -0.4 is 10.2 Å². The number of carbonyl (C=O) groups excluding carboxylic acids is 1. The largest absolute Gasteiger partial charge is 0.466 e. The fraction of sp³-hybridized carbons (Fsp3) is 0.346. The molecule has 3 aromatic heterocycles. The molecule has 5 rings (SSSR count). The molecule has 182 valence electrons. The van der Waals surface area contributed by atoms with Crippen molar-refractivity contribution in [3.63, 3.8) is 0 Å². The maximum atomic E-state index is 14.9. The van der Waals surface area contributed by atoms with Crippen molar-refractivity contribution >= 4 is 28.3 Å². The highest BCUT2D eigenvalue weighted by molar-refractivity contribution is 6.12. The van der Waals surface area contributed by atoms with Gasteiger partial charge in [-0.2, -0.15) is 5.10 Å². The van der Waals surface area contributed by atoms with Gasteiger partial charge < -0.3 is 19.4 Å². The Balaban J connectivity index is 1.51. The van der Waals surface area contributed by atoms with Crippen molar-refractivity contribution < 1.29 is 18.3 Å². The SMILES string of the molecule is Cc1cc(-c2cc(C(=O)Nc3ccc(N4CCOCC4)c(F)c3)c3cnn(C(C)C)c3n2)c(C)o1. The van der Waals surface area contributed by atoms with E-state index in [1.54, 1.807) is 29.1 Å². The molecule has 4 aromatic rings. The Bertz CT molecular complexity index is 1400. The van der Waals surface area contributed by atoms with Crippen molar-refractivity contribution in [1.82, 2.24) is 14.8 Å². The highest BCUT2D eigenvalue weighted by atomic mass is 19.1. The van der Waals surface area contributed by atoms with Crippen LogP contribution in [-0.2, 0) is 4.74 Å². The van der Waals surface area contributed by atoms with Gasteiger partial charge in [-0.15, -0.1) is 0 Å². The van der Waals surface area contributed by atoms with Crippen molar-refractivity contribution in [2.24, 2.45) is 0 Å². The van der Waals surface area contributed by atoms with Crippen molar-refractivity contribution in [2.75, 3.05) is 36.5 Å². The lowest BCUT2D eigenvalue weighted by atomic mass is 10.1. The number of benzene rings is 1. The predicted molar refractivity (Wildman–Crippen MR) is 132 cm³/mol. The number of nitrogens with zero attached hydrogens (tertiary/aromatic N) is 4. The van der Waals surface area contributed by atoms with Gasteiger partial charge in [-0.3, -0.25) is 4.79 Å². The van der Waals surface area contributed by atoms with Gasteiger partial charge in [0.2, 0.25) is 0 Å². The summed E-state index contributed by atoms with van der Waals surface area (Å²) in [5.74, 6) is 0.733. The van der Waals surface area contributed by atoms with E-state index in [4.69, 9.17) is 14.1 Å². The second-order valence-corrected chi connectivity index (χ2v) is 9.02. The van der Waals surface area contributed by atoms with Gasteiger partial charge in [0.05, 0.1) is 41.7 Å². The summed E-state index contributed by atoms with van der Waals surface area (Å²) < 4.78 is 27.7. The third kappa shape index (κ3) is 4.39. The van der Waals surface area contributed by atoms with E-state index in [1.807, 2.05) is 38.7 Å². The topological polar surface area (TPSA) is 85.4 Å². The third-order valence-electron chi connectivity index (χ3n) is 6.17. The minimum absolute atomic E-state index is 0.0557. The maximum absolute atomic E-state index is 14.9. The van der Waals surface area contributed by atoms with E-state index in [1.165, 1.54) is 6.07 Å². The zero-order chi connectivity index (χ0) is 24.7. The molecule has 1 saturated heterocycles. The minimum Gasteiger partial charge on any atom is -0.466 e. The number of carbonyl (C=O) groups is 1. The zero-order valence-electron chi connectivity index (χ0n) is 20.3. The first-order chi connectivity index (χ1) is 16.8. The van der Waals surface area contributed by atoms with Crippen LogP contribution >= 0.6 is 0 Å². The van der Waals surface area contributed by atoms with E-state index in [0.29, 0.717) is 60.0 Å². The molecule has 1 fully saturated rings. The molecule has 9 heteroatoms. The lowest BCUT2D eigenvalue weighted by molar-refractivity contribution is 0.102. The van der Waals surface area contributed by atoms with Gasteiger partial charge in [-0.1, -0.05) is 0 Å². The van der Waals surface area contributed by atoms with E-state index in [-0.39, 0.29) is 17.8 Å². The number of rotatable bonds is 5. The first kappa shape index (κ1) is 23.0. The minimum atomic E-state index is -0.387. The Hall–Kier alpha value is -3.72. The monoisotopic (exact) mass is 477 g/mol. The van der Waals surface area contributed by atoms with Crippen LogP contribution in [0.25, 0.3) is 22.3 Å². The molecular weight excluding hydrogens is 449 g/mol. The van der Waals surface area contributed by atoms with E-state index in [2.05, 4.69) is 10.4 Å². The van der Waals surface area contributed by atoms with Crippen LogP contribution in [0.15, 0.2) is 40.9 Å². The molecule has 8 nitrogen and oxygen atoms in total. The molecule has 0 aliphatic carbocycles. The molecule has 0 unspecified atom stereocenters. The fourth-order valence-electron chi connectivity index (χ4n) is 4.45. The number of pyridine rings is 1. The van der Waals surface area contributed by atoms with E-state index in [0.717, 1.165) is 17.1 Å². The molecule has 0 radical (unpaired) electrons. The molecular formula is C26H28FN5O3. The van der Waals surface area contributed by atoms with Gasteiger partial charge in [-0.25, -0.2) is 14.1 Å². The second kappa shape index (κ2) is 9.14. The number of ether oxygens (including phenoxy) is 1. The van der Waals surface area contributed by atoms with Gasteiger partial charge in [0.25, 0.3) is 5.91 Å². The summed E-state index contributed by atoms with van der Waals surface area (Å²) in [6.45, 7) is 10.2. The fourth-order valence-corrected chi connectivity index (χ4v) is 4.45. The van der Waals surface area contributed by atoms with Gasteiger partial charge in [-0.05, 0) is 58.0 Å². The number of halogens is 1. The molecule has 4 heterocycles. The zero-order valence-corrected chi connectivity index (χ0v) is 20.3. The Labute approximate surface area is 202 Å². The molecule has 35 heavy (non-hydrogen) atoms. The van der Waals surface area contributed by atoms with Crippen LogP contribution in [0.1, 0.15) is 41.8 Å². The van der Waals surface area contributed by atoms with Crippen LogP contribution in [0.4, 0.5) is 15.8 Å². The summed E-state index contributed by atoms with van der Waals surface area (Å²) >= 11 is 0. The summed E-state index contributed by atoms with van der Waals surface area (Å²) in [4.78, 5) is 20.2. The number of nitrogens with one attached hydrogen (secondary N) is 1. The second-order valence-electron chi connectivity index (χ2n) is 9.02. The maximum Gasteiger partial charge on any atom is 0.256 e. The first-order valence-corrected chi connectivity index (χ1v) is 11.7. The van der Waals surface area contributed by atoms with Gasteiger partial charge in [0.15, 0.2) is 5.65 Å². The summed E-state index contributed by atoms with van der Waals surface area (Å²) in [6, 6.07) is 8.45. The molecule has 1 aliphatic heterocycles. The molecule has 1 N–H and O–H groups in total. The average molecular weight is 478 g/mol. The van der Waals surface area contributed by atoms with Crippen LogP contribution in [0.3, 0.4) is 0 Å². The summed E-state index contributed by atoms with van der Waals surface area (Å²) in [7, 11) is 0. The number of hydrogen-bond acceptors (Lipinski definition) is 6. The Kier molecular flexibility index (Phi) is 6.02. The van der Waals surface area contributed by atoms with Crippen molar-refractivity contribution in [1.29, 1.82) is 0 Å². The molecule has 1 amide bonds. The average Bonchev–Trinajstić information content (AvgIpc) is 3.41. The van der Waals surface area contributed by atoms with Gasteiger partial charge in [0.1, 0.15) is 17.3 Å². The van der Waals surface area contributed by atoms with E-state index < -0.39 is 0 Å². The summed E-state index contributed by atoms with van der Waals surface area (Å²) in [5, 5.41) is 7.94. The highest BCUT2D eigenvalue weighted by Gasteiger charge is 2.21. The summed E-state index contributed by atoms with van der Waals surface area (Å²) in [5.41, 5.74) is 3.33. The lowest BCUT2D eigenvalue weighted by Crippen LogP contribution is -2.36. The Morgan fingerprint density at radius 3 is 2.57 bits per heavy atom. The van der Waals surface area contributed by atoms with Crippen molar-refractivity contribution in [2.45, 2.75) is 33.7 Å². The standard InChI is InChI=1S/C26H28FN5O3/c1-15(2)32-25-21(14-28-32)20(13-23(30-25)19-11-16(3)35-17(19)4)26(33)29-18-5-6-24(22(27)12-18)31-7-9-34-10-8-31/h5-6,11-15H,7-10H2,1-4H3,(H,29,33). The smallest absolute Gasteiger partial charge is 0.256 e. The number of anilines is 2. The summed E-state index contributed by atoms with van der Waals surface area (Å²) in [6.07, 6.45) is 1.65. The molecule has 1 aromatic carbocycles. The lowest BCUT2D eigenvalue weighted by Gasteiger charge is -2.29. The molecule has 0 bridgehead atoms. The van der Waals surface area contributed by atoms with Gasteiger partial charge in [0, 0.05) is 30.4 Å². The van der Waals surface area contributed by atoms with E-state index >= 15 is 0 Å². The third-order valence-corrected chi connectivity index (χ3v) is 6.17. The highest BCUT2D eigenvalue weighted by Crippen LogP contribution is 2.31. The number of morpholine rings is 1. The Morgan fingerprint density at radius 2 is 1.91 bits per heavy atom. The number of aryl methyl sites for hydroxylation is 2. The quantitative estimate of drug-likeness (QED) is 0.430. The molecule has 1 aliphatic rings. The predicted octanol–water partition coefficient (Wildman–Crippen LogP) is 5.12. The number of amides is 1. The van der Waals surface area contributed by atoms with Crippen LogP contribution in [0.2, 0.25) is 0 Å². The van der Waals surface area contributed by atoms with Crippen molar-refractivity contribution in [3.05, 3.63) is 59.4 Å². The number of fused-ring (bicyclic) bond motifs is 1. The normalized spacial score (nSPS) is 14.2. The van der Waals surface area contributed by atoms with Gasteiger partial charge >= 0.3 is 0 Å². The number of hydrogen-bond donors (Lipinski definition) is 1.